The minimum atomic E-state index is -1.01. The number of rotatable bonds is 6. The first kappa shape index (κ1) is 14.2. The largest absolute Gasteiger partial charge is 0.293 e. The lowest BCUT2D eigenvalue weighted by Gasteiger charge is -2.05. The summed E-state index contributed by atoms with van der Waals surface area (Å²) in [5, 5.41) is 1.90. The van der Waals surface area contributed by atoms with E-state index in [2.05, 4.69) is 0 Å². The molecule has 2 nitrogen and oxygen atoms in total. The summed E-state index contributed by atoms with van der Waals surface area (Å²) in [7, 11) is -1.01. The average Bonchev–Trinajstić information content (AvgIpc) is 2.93. The number of hydrogen-bond donors (Lipinski definition) is 0. The van der Waals surface area contributed by atoms with Crippen LogP contribution in [0.1, 0.15) is 28.1 Å². The van der Waals surface area contributed by atoms with Gasteiger partial charge in [-0.3, -0.25) is 9.00 Å². The summed E-state index contributed by atoms with van der Waals surface area (Å²) in [6, 6.07) is 11.4. The Morgan fingerprint density at radius 2 is 2.00 bits per heavy atom. The predicted molar refractivity (Wildman–Crippen MR) is 80.3 cm³/mol. The molecule has 0 amide bonds. The topological polar surface area (TPSA) is 34.1 Å². The van der Waals surface area contributed by atoms with Crippen molar-refractivity contribution in [1.82, 2.24) is 0 Å². The molecule has 1 aromatic carbocycles. The highest BCUT2D eigenvalue weighted by Gasteiger charge is 2.10. The number of hydrogen-bond acceptors (Lipinski definition) is 3. The fourth-order valence-corrected chi connectivity index (χ4v) is 3.82. The van der Waals surface area contributed by atoms with Gasteiger partial charge in [0.15, 0.2) is 5.78 Å². The van der Waals surface area contributed by atoms with Gasteiger partial charge in [-0.15, -0.1) is 11.3 Å². The first-order valence-electron chi connectivity index (χ1n) is 6.19. The molecule has 0 spiro atoms. The summed E-state index contributed by atoms with van der Waals surface area (Å²) < 4.78 is 12.1. The summed E-state index contributed by atoms with van der Waals surface area (Å²) in [4.78, 5) is 13.5. The highest BCUT2D eigenvalue weighted by atomic mass is 32.2. The number of benzene rings is 1. The third-order valence-electron chi connectivity index (χ3n) is 2.87. The van der Waals surface area contributed by atoms with Gasteiger partial charge in [-0.05, 0) is 36.4 Å². The second kappa shape index (κ2) is 6.78. The lowest BCUT2D eigenvalue weighted by molar-refractivity contribution is 0.0986. The highest BCUT2D eigenvalue weighted by molar-refractivity contribution is 7.85. The van der Waals surface area contributed by atoms with Crippen LogP contribution in [0, 0.1) is 6.92 Å². The van der Waals surface area contributed by atoms with E-state index in [9.17, 15) is 9.00 Å². The maximum absolute atomic E-state index is 12.1. The van der Waals surface area contributed by atoms with Crippen LogP contribution < -0.4 is 0 Å². The molecular formula is C15H16O2S2. The van der Waals surface area contributed by atoms with Crippen molar-refractivity contribution in [2.45, 2.75) is 24.7 Å². The van der Waals surface area contributed by atoms with Crippen LogP contribution in [0.2, 0.25) is 0 Å². The molecule has 1 atom stereocenters. The molecule has 0 aliphatic carbocycles. The van der Waals surface area contributed by atoms with Gasteiger partial charge in [0.25, 0.3) is 0 Å². The molecule has 0 radical (unpaired) electrons. The van der Waals surface area contributed by atoms with E-state index in [1.165, 1.54) is 11.3 Å². The third kappa shape index (κ3) is 3.85. The Balaban J connectivity index is 1.85. The first-order chi connectivity index (χ1) is 9.18. The van der Waals surface area contributed by atoms with Crippen LogP contribution in [0.25, 0.3) is 0 Å². The normalized spacial score (nSPS) is 12.3. The molecule has 0 bridgehead atoms. The third-order valence-corrected chi connectivity index (χ3v) is 5.39. The molecule has 0 N–H and O–H groups in total. The molecule has 100 valence electrons. The number of aryl methyl sites for hydroxylation is 1. The van der Waals surface area contributed by atoms with E-state index >= 15 is 0 Å². The molecule has 0 saturated heterocycles. The van der Waals surface area contributed by atoms with Crippen molar-refractivity contribution in [3.8, 4) is 0 Å². The molecule has 2 rings (SSSR count). The fourth-order valence-electron chi connectivity index (χ4n) is 1.85. The summed E-state index contributed by atoms with van der Waals surface area (Å²) in [6.45, 7) is 1.96. The van der Waals surface area contributed by atoms with Crippen LogP contribution in [0.15, 0.2) is 46.7 Å². The van der Waals surface area contributed by atoms with Crippen LogP contribution in [-0.2, 0) is 10.8 Å². The number of thiophene rings is 1. The molecule has 0 aliphatic heterocycles. The van der Waals surface area contributed by atoms with Gasteiger partial charge >= 0.3 is 0 Å². The van der Waals surface area contributed by atoms with Gasteiger partial charge in [0.1, 0.15) is 0 Å². The van der Waals surface area contributed by atoms with Gasteiger partial charge in [-0.2, -0.15) is 0 Å². The molecule has 0 saturated carbocycles. The van der Waals surface area contributed by atoms with Crippen molar-refractivity contribution >= 4 is 27.9 Å². The zero-order chi connectivity index (χ0) is 13.7. The molecule has 19 heavy (non-hydrogen) atoms. The summed E-state index contributed by atoms with van der Waals surface area (Å²) in [5.74, 6) is 0.693. The number of ketones is 1. The van der Waals surface area contributed by atoms with Crippen molar-refractivity contribution in [3.05, 3.63) is 52.2 Å². The van der Waals surface area contributed by atoms with E-state index in [-0.39, 0.29) is 5.78 Å². The molecule has 0 fully saturated rings. The second-order valence-corrected chi connectivity index (χ2v) is 6.81. The zero-order valence-corrected chi connectivity index (χ0v) is 12.4. The Morgan fingerprint density at radius 3 is 2.68 bits per heavy atom. The van der Waals surface area contributed by atoms with Crippen LogP contribution in [-0.4, -0.2) is 15.7 Å². The molecule has 1 heterocycles. The van der Waals surface area contributed by atoms with Crippen molar-refractivity contribution in [2.24, 2.45) is 0 Å². The van der Waals surface area contributed by atoms with Crippen LogP contribution in [0.5, 0.6) is 0 Å². The molecule has 2 aromatic rings. The van der Waals surface area contributed by atoms with Gasteiger partial charge in [-0.25, -0.2) is 0 Å². The maximum Gasteiger partial charge on any atom is 0.172 e. The van der Waals surface area contributed by atoms with Gasteiger partial charge < -0.3 is 0 Å². The Labute approximate surface area is 119 Å². The summed E-state index contributed by atoms with van der Waals surface area (Å²) in [5.41, 5.74) is 1.05. The molecular weight excluding hydrogens is 276 g/mol. The van der Waals surface area contributed by atoms with Gasteiger partial charge in [0.05, 0.1) is 15.7 Å². The van der Waals surface area contributed by atoms with Crippen LogP contribution in [0.3, 0.4) is 0 Å². The molecule has 4 heteroatoms. The van der Waals surface area contributed by atoms with Gasteiger partial charge in [0.2, 0.25) is 0 Å². The van der Waals surface area contributed by atoms with Crippen molar-refractivity contribution in [2.75, 3.05) is 5.75 Å². The van der Waals surface area contributed by atoms with Crippen molar-refractivity contribution in [1.29, 1.82) is 0 Å². The van der Waals surface area contributed by atoms with E-state index in [0.717, 1.165) is 15.3 Å². The minimum Gasteiger partial charge on any atom is -0.293 e. The maximum atomic E-state index is 12.1. The van der Waals surface area contributed by atoms with Gasteiger partial charge in [0, 0.05) is 17.1 Å². The molecule has 1 aromatic heterocycles. The molecule has 0 aliphatic rings. The minimum absolute atomic E-state index is 0.150. The predicted octanol–water partition coefficient (Wildman–Crippen LogP) is 3.83. The van der Waals surface area contributed by atoms with Crippen molar-refractivity contribution in [3.63, 3.8) is 0 Å². The SMILES string of the molecule is Cc1ccccc1S(=O)CCCC(=O)c1cccs1. The highest BCUT2D eigenvalue weighted by Crippen LogP contribution is 2.15. The quantitative estimate of drug-likeness (QED) is 0.758. The monoisotopic (exact) mass is 292 g/mol. The van der Waals surface area contributed by atoms with E-state index in [1.807, 2.05) is 48.7 Å². The van der Waals surface area contributed by atoms with Crippen LogP contribution >= 0.6 is 11.3 Å². The first-order valence-corrected chi connectivity index (χ1v) is 8.39. The lowest BCUT2D eigenvalue weighted by atomic mass is 10.2. The summed E-state index contributed by atoms with van der Waals surface area (Å²) >= 11 is 1.46. The van der Waals surface area contributed by atoms with Crippen LogP contribution in [0.4, 0.5) is 0 Å². The van der Waals surface area contributed by atoms with E-state index < -0.39 is 10.8 Å². The number of carbonyl (C=O) groups is 1. The Kier molecular flexibility index (Phi) is 5.05. The Hall–Kier alpha value is -1.26. The fraction of sp³-hybridized carbons (Fsp3) is 0.267. The van der Waals surface area contributed by atoms with E-state index in [1.54, 1.807) is 0 Å². The molecule has 1 unspecified atom stereocenters. The zero-order valence-electron chi connectivity index (χ0n) is 10.8. The van der Waals surface area contributed by atoms with E-state index in [4.69, 9.17) is 0 Å². The van der Waals surface area contributed by atoms with E-state index in [0.29, 0.717) is 18.6 Å². The smallest absolute Gasteiger partial charge is 0.172 e. The average molecular weight is 292 g/mol. The number of carbonyl (C=O) groups excluding carboxylic acids is 1. The van der Waals surface area contributed by atoms with Gasteiger partial charge in [-0.1, -0.05) is 24.3 Å². The second-order valence-electron chi connectivity index (χ2n) is 4.32. The summed E-state index contributed by atoms with van der Waals surface area (Å²) in [6.07, 6.45) is 1.13. The van der Waals surface area contributed by atoms with Crippen molar-refractivity contribution < 1.29 is 9.00 Å². The standard InChI is InChI=1S/C15H16O2S2/c1-12-6-2-3-9-15(12)19(17)11-5-7-13(16)14-8-4-10-18-14/h2-4,6,8-10H,5,7,11H2,1H3. The Morgan fingerprint density at radius 1 is 1.21 bits per heavy atom. The lowest BCUT2D eigenvalue weighted by Crippen LogP contribution is -2.03. The Bertz CT molecular complexity index is 574. The number of Topliss-reactive ketones (excluding diaryl/α,β-unsaturated/α-hetero) is 1.